The molecule has 1 aliphatic heterocycles. The first-order chi connectivity index (χ1) is 10.0. The van der Waals surface area contributed by atoms with Gasteiger partial charge in [0.05, 0.1) is 9.89 Å². The Morgan fingerprint density at radius 1 is 1.14 bits per heavy atom. The Hall–Kier alpha value is -2.01. The zero-order valence-corrected chi connectivity index (χ0v) is 13.0. The molecule has 1 atom stereocenters. The molecule has 1 aliphatic rings. The fourth-order valence-corrected chi connectivity index (χ4v) is 3.04. The Balaban J connectivity index is 2.06. The molecule has 3 rings (SSSR count). The summed E-state index contributed by atoms with van der Waals surface area (Å²) >= 11 is 3.35. The Kier molecular flexibility index (Phi) is 3.37. The van der Waals surface area contributed by atoms with Crippen LogP contribution in [0.4, 0.5) is 5.82 Å². The molecule has 1 aromatic heterocycles. The van der Waals surface area contributed by atoms with Gasteiger partial charge in [-0.1, -0.05) is 30.3 Å². The number of amides is 2. The fourth-order valence-electron chi connectivity index (χ4n) is 2.60. The molecule has 1 aromatic carbocycles. The van der Waals surface area contributed by atoms with Gasteiger partial charge in [-0.2, -0.15) is 0 Å². The number of pyridine rings is 1. The van der Waals surface area contributed by atoms with Crippen LogP contribution >= 0.6 is 15.9 Å². The van der Waals surface area contributed by atoms with Crippen molar-refractivity contribution >= 4 is 33.6 Å². The highest BCUT2D eigenvalue weighted by atomic mass is 79.9. The highest BCUT2D eigenvalue weighted by Crippen LogP contribution is 2.39. The molecule has 0 bridgehead atoms. The molecule has 0 saturated carbocycles. The van der Waals surface area contributed by atoms with Gasteiger partial charge >= 0.3 is 0 Å². The van der Waals surface area contributed by atoms with Crippen LogP contribution in [0.15, 0.2) is 53.1 Å². The molecule has 0 aliphatic carbocycles. The van der Waals surface area contributed by atoms with Crippen molar-refractivity contribution in [2.75, 3.05) is 4.90 Å². The molecule has 1 saturated heterocycles. The highest BCUT2D eigenvalue weighted by Gasteiger charge is 2.50. The number of hydrogen-bond acceptors (Lipinski definition) is 3. The predicted octanol–water partition coefficient (Wildman–Crippen LogP) is 3.07. The van der Waals surface area contributed by atoms with Gasteiger partial charge in [0.15, 0.2) is 5.82 Å². The molecule has 2 aromatic rings. The van der Waals surface area contributed by atoms with E-state index in [4.69, 9.17) is 0 Å². The second-order valence-electron chi connectivity index (χ2n) is 5.22. The van der Waals surface area contributed by atoms with Crippen LogP contribution in [0.5, 0.6) is 0 Å². The van der Waals surface area contributed by atoms with E-state index < -0.39 is 5.41 Å². The molecule has 1 fully saturated rings. The van der Waals surface area contributed by atoms with Crippen LogP contribution in [0.1, 0.15) is 18.9 Å². The van der Waals surface area contributed by atoms with Gasteiger partial charge in [-0.15, -0.1) is 0 Å². The minimum absolute atomic E-state index is 0.152. The number of benzene rings is 1. The van der Waals surface area contributed by atoms with Crippen LogP contribution in [-0.2, 0) is 15.0 Å². The van der Waals surface area contributed by atoms with Crippen molar-refractivity contribution < 1.29 is 9.59 Å². The molecule has 21 heavy (non-hydrogen) atoms. The lowest BCUT2D eigenvalue weighted by molar-refractivity contribution is -0.122. The summed E-state index contributed by atoms with van der Waals surface area (Å²) in [6, 6.07) is 12.9. The van der Waals surface area contributed by atoms with Gasteiger partial charge in [0.1, 0.15) is 0 Å². The smallest absolute Gasteiger partial charge is 0.245 e. The van der Waals surface area contributed by atoms with E-state index in [0.717, 1.165) is 5.56 Å². The van der Waals surface area contributed by atoms with Gasteiger partial charge in [0, 0.05) is 12.6 Å². The molecule has 2 heterocycles. The largest absolute Gasteiger partial charge is 0.274 e. The minimum atomic E-state index is -0.838. The van der Waals surface area contributed by atoms with Gasteiger partial charge in [0.2, 0.25) is 11.8 Å². The monoisotopic (exact) mass is 344 g/mol. The van der Waals surface area contributed by atoms with Crippen LogP contribution in [0, 0.1) is 0 Å². The van der Waals surface area contributed by atoms with E-state index in [1.165, 1.54) is 4.90 Å². The van der Waals surface area contributed by atoms with E-state index in [1.807, 2.05) is 30.3 Å². The van der Waals surface area contributed by atoms with Gasteiger partial charge in [-0.3, -0.25) is 9.59 Å². The Labute approximate surface area is 130 Å². The standard InChI is InChI=1S/C16H13BrN2O2/c1-16(11-6-3-2-4-7-11)10-13(20)19(15(16)21)14-12(17)8-5-9-18-14/h2-9H,10H2,1H3. The summed E-state index contributed by atoms with van der Waals surface area (Å²) in [5.41, 5.74) is 0.00729. The SMILES string of the molecule is CC1(c2ccccc2)CC(=O)N(c2ncccc2Br)C1=O. The van der Waals surface area contributed by atoms with Crippen molar-refractivity contribution in [1.82, 2.24) is 4.98 Å². The number of carbonyl (C=O) groups is 2. The normalized spacial score (nSPS) is 21.9. The lowest BCUT2D eigenvalue weighted by Crippen LogP contribution is -2.37. The lowest BCUT2D eigenvalue weighted by atomic mass is 9.81. The number of nitrogens with zero attached hydrogens (tertiary/aromatic N) is 2. The summed E-state index contributed by atoms with van der Waals surface area (Å²) in [6.07, 6.45) is 1.72. The van der Waals surface area contributed by atoms with Crippen molar-refractivity contribution in [1.29, 1.82) is 0 Å². The first-order valence-electron chi connectivity index (χ1n) is 6.57. The number of halogens is 1. The third kappa shape index (κ3) is 2.17. The number of aromatic nitrogens is 1. The number of imide groups is 1. The van der Waals surface area contributed by atoms with E-state index in [1.54, 1.807) is 25.3 Å². The van der Waals surface area contributed by atoms with Gasteiger partial charge in [-0.05, 0) is 40.5 Å². The summed E-state index contributed by atoms with van der Waals surface area (Å²) in [6.45, 7) is 1.80. The summed E-state index contributed by atoms with van der Waals surface area (Å²) in [7, 11) is 0. The molecular weight excluding hydrogens is 332 g/mol. The van der Waals surface area contributed by atoms with Crippen molar-refractivity contribution in [2.45, 2.75) is 18.8 Å². The molecular formula is C16H13BrN2O2. The van der Waals surface area contributed by atoms with E-state index in [-0.39, 0.29) is 18.2 Å². The number of rotatable bonds is 2. The first kappa shape index (κ1) is 13.9. The van der Waals surface area contributed by atoms with E-state index in [2.05, 4.69) is 20.9 Å². The van der Waals surface area contributed by atoms with Crippen molar-refractivity contribution in [2.24, 2.45) is 0 Å². The van der Waals surface area contributed by atoms with Crippen molar-refractivity contribution in [3.8, 4) is 0 Å². The Morgan fingerprint density at radius 2 is 1.86 bits per heavy atom. The maximum atomic E-state index is 12.8. The number of carbonyl (C=O) groups excluding carboxylic acids is 2. The third-order valence-electron chi connectivity index (χ3n) is 3.79. The first-order valence-corrected chi connectivity index (χ1v) is 7.37. The van der Waals surface area contributed by atoms with Crippen LogP contribution in [0.25, 0.3) is 0 Å². The average Bonchev–Trinajstić information content (AvgIpc) is 2.72. The quantitative estimate of drug-likeness (QED) is 0.786. The van der Waals surface area contributed by atoms with Crippen molar-refractivity contribution in [3.63, 3.8) is 0 Å². The Bertz CT molecular complexity index is 717. The maximum absolute atomic E-state index is 12.8. The second-order valence-corrected chi connectivity index (χ2v) is 6.07. The maximum Gasteiger partial charge on any atom is 0.245 e. The van der Waals surface area contributed by atoms with Gasteiger partial charge in [0.25, 0.3) is 0 Å². The highest BCUT2D eigenvalue weighted by molar-refractivity contribution is 9.10. The minimum Gasteiger partial charge on any atom is -0.274 e. The molecule has 1 unspecified atom stereocenters. The zero-order chi connectivity index (χ0) is 15.0. The average molecular weight is 345 g/mol. The molecule has 0 spiro atoms. The summed E-state index contributed by atoms with van der Waals surface area (Å²) < 4.78 is 0.629. The zero-order valence-electron chi connectivity index (χ0n) is 11.4. The van der Waals surface area contributed by atoms with Crippen LogP contribution in [0.3, 0.4) is 0 Å². The Morgan fingerprint density at radius 3 is 2.52 bits per heavy atom. The fraction of sp³-hybridized carbons (Fsp3) is 0.188. The third-order valence-corrected chi connectivity index (χ3v) is 4.41. The number of anilines is 1. The lowest BCUT2D eigenvalue weighted by Gasteiger charge is -2.22. The van der Waals surface area contributed by atoms with Gasteiger partial charge < -0.3 is 0 Å². The van der Waals surface area contributed by atoms with E-state index in [9.17, 15) is 9.59 Å². The van der Waals surface area contributed by atoms with Crippen LogP contribution in [0.2, 0.25) is 0 Å². The second kappa shape index (κ2) is 5.07. The van der Waals surface area contributed by atoms with E-state index in [0.29, 0.717) is 10.3 Å². The molecule has 2 amide bonds. The summed E-state index contributed by atoms with van der Waals surface area (Å²) in [5.74, 6) is -0.115. The molecule has 0 radical (unpaired) electrons. The predicted molar refractivity (Wildman–Crippen MR) is 82.8 cm³/mol. The summed E-state index contributed by atoms with van der Waals surface area (Å²) in [4.78, 5) is 30.5. The number of hydrogen-bond donors (Lipinski definition) is 0. The van der Waals surface area contributed by atoms with Crippen LogP contribution < -0.4 is 4.90 Å². The molecule has 5 heteroatoms. The summed E-state index contributed by atoms with van der Waals surface area (Å²) in [5, 5.41) is 0. The molecule has 0 N–H and O–H groups in total. The topological polar surface area (TPSA) is 50.3 Å². The van der Waals surface area contributed by atoms with Gasteiger partial charge in [-0.25, -0.2) is 9.88 Å². The van der Waals surface area contributed by atoms with Crippen LogP contribution in [-0.4, -0.2) is 16.8 Å². The van der Waals surface area contributed by atoms with Crippen molar-refractivity contribution in [3.05, 3.63) is 58.7 Å². The molecule has 106 valence electrons. The molecule has 4 nitrogen and oxygen atoms in total. The van der Waals surface area contributed by atoms with E-state index >= 15 is 0 Å².